The lowest BCUT2D eigenvalue weighted by atomic mass is 10.0. The van der Waals surface area contributed by atoms with Gasteiger partial charge >= 0.3 is 18.0 Å². The molecule has 2 aromatic carbocycles. The van der Waals surface area contributed by atoms with Crippen LogP contribution in [0.2, 0.25) is 0 Å². The molecule has 5 N–H and O–H groups in total. The first-order valence-corrected chi connectivity index (χ1v) is 16.0. The second kappa shape index (κ2) is 17.4. The number of carbonyl (C=O) groups is 6. The quantitative estimate of drug-likeness (QED) is 0.162. The number of hydrogen-bond acceptors (Lipinski definition) is 9. The van der Waals surface area contributed by atoms with Gasteiger partial charge in [0.25, 0.3) is 0 Å². The van der Waals surface area contributed by atoms with Crippen LogP contribution in [0.15, 0.2) is 60.7 Å². The van der Waals surface area contributed by atoms with E-state index in [1.807, 2.05) is 66.1 Å². The van der Waals surface area contributed by atoms with Crippen LogP contribution in [0.5, 0.6) is 0 Å². The summed E-state index contributed by atoms with van der Waals surface area (Å²) >= 11 is 0. The maximum absolute atomic E-state index is 12.5. The fourth-order valence-electron chi connectivity index (χ4n) is 5.89. The van der Waals surface area contributed by atoms with Crippen LogP contribution >= 0.6 is 0 Å². The van der Waals surface area contributed by atoms with E-state index >= 15 is 0 Å². The number of carboxylic acids is 1. The molecule has 49 heavy (non-hydrogen) atoms. The number of nitrogens with one attached hydrogen (secondary N) is 2. The van der Waals surface area contributed by atoms with Gasteiger partial charge in [0, 0.05) is 20.0 Å². The van der Waals surface area contributed by atoms with Gasteiger partial charge in [-0.3, -0.25) is 29.5 Å². The van der Waals surface area contributed by atoms with Crippen molar-refractivity contribution in [1.29, 1.82) is 0 Å². The highest BCUT2D eigenvalue weighted by atomic mass is 16.7. The number of amides is 6. The molecule has 4 bridgehead atoms. The predicted molar refractivity (Wildman–Crippen MR) is 173 cm³/mol. The summed E-state index contributed by atoms with van der Waals surface area (Å²) in [4.78, 5) is 82.9. The number of fused-ring (bicyclic) bond motifs is 4. The van der Waals surface area contributed by atoms with Crippen molar-refractivity contribution < 1.29 is 43.5 Å². The number of carbonyl (C=O) groups excluding carboxylic acids is 5. The molecule has 0 saturated carbocycles. The van der Waals surface area contributed by atoms with Crippen LogP contribution in [0.3, 0.4) is 0 Å². The van der Waals surface area contributed by atoms with E-state index in [9.17, 15) is 28.8 Å². The van der Waals surface area contributed by atoms with Crippen LogP contribution < -0.4 is 16.6 Å². The molecule has 0 unspecified atom stereocenters. The van der Waals surface area contributed by atoms with Crippen LogP contribution in [0, 0.1) is 0 Å². The highest BCUT2D eigenvalue weighted by Crippen LogP contribution is 2.31. The van der Waals surface area contributed by atoms with E-state index < -0.39 is 18.1 Å². The Bertz CT molecular complexity index is 1480. The van der Waals surface area contributed by atoms with Gasteiger partial charge in [-0.1, -0.05) is 60.7 Å². The SMILES string of the molecule is CC(=O)CNC(=O)[C@@H]1CC[C@@H]2CN1C(=O)N2OCc1ccccc1.CC(=O)NN.O=C(O)[C@@H]1CC[C@@H]2CN1C(=O)N2OCc1ccccc1. The average Bonchev–Trinajstić information content (AvgIpc) is 3.49. The first-order valence-electron chi connectivity index (χ1n) is 16.0. The summed E-state index contributed by atoms with van der Waals surface area (Å²) in [5.74, 6) is 3.02. The van der Waals surface area contributed by atoms with E-state index in [-0.39, 0.29) is 48.3 Å². The van der Waals surface area contributed by atoms with Gasteiger partial charge in [0.2, 0.25) is 11.8 Å². The summed E-state index contributed by atoms with van der Waals surface area (Å²) in [6, 6.07) is 17.3. The zero-order chi connectivity index (χ0) is 35.5. The Morgan fingerprint density at radius 1 is 0.755 bits per heavy atom. The number of hydroxylamine groups is 4. The van der Waals surface area contributed by atoms with E-state index in [0.29, 0.717) is 52.0 Å². The maximum Gasteiger partial charge on any atom is 0.345 e. The molecule has 0 radical (unpaired) electrons. The molecule has 6 rings (SSSR count). The Balaban J connectivity index is 0.000000197. The Morgan fingerprint density at radius 2 is 1.18 bits per heavy atom. The van der Waals surface area contributed by atoms with Gasteiger partial charge in [0.15, 0.2) is 0 Å². The van der Waals surface area contributed by atoms with Crippen LogP contribution in [-0.4, -0.2) is 104 Å². The molecule has 0 aromatic heterocycles. The smallest absolute Gasteiger partial charge is 0.345 e. The number of rotatable bonds is 10. The van der Waals surface area contributed by atoms with Gasteiger partial charge in [0.1, 0.15) is 31.1 Å². The lowest BCUT2D eigenvalue weighted by Gasteiger charge is -2.29. The molecule has 264 valence electrons. The zero-order valence-electron chi connectivity index (χ0n) is 27.5. The number of carboxylic acid groups (broad SMARTS) is 1. The second-order valence-electron chi connectivity index (χ2n) is 12.0. The van der Waals surface area contributed by atoms with E-state index in [0.717, 1.165) is 11.1 Å². The lowest BCUT2D eigenvalue weighted by Crippen LogP contribution is -2.50. The molecule has 16 nitrogen and oxygen atoms in total. The fraction of sp³-hybridized carbons (Fsp3) is 0.455. The maximum atomic E-state index is 12.5. The number of urea groups is 2. The summed E-state index contributed by atoms with van der Waals surface area (Å²) in [6.45, 7) is 4.30. The molecule has 4 heterocycles. The standard InChI is InChI=1S/C17H21N3O4.C14H16N2O4.C2H6N2O/c1-12(21)9-18-16(22)15-8-7-14-10-19(15)17(23)20(14)24-11-13-5-3-2-4-6-13;17-13(18)12-7-6-11-8-15(12)14(19)16(11)20-9-10-4-2-1-3-5-10;1-2(5)4-3/h2-6,14-15H,7-11H2,1H3,(H,18,22);1-5,11-12H,6-9H2,(H,17,18);3H2,1H3,(H,4,5)/t14-,15+;11-,12+;/m11./s1. The number of nitrogens with two attached hydrogens (primary N) is 1. The molecule has 2 aromatic rings. The van der Waals surface area contributed by atoms with Crippen molar-refractivity contribution in [3.63, 3.8) is 0 Å². The van der Waals surface area contributed by atoms with E-state index in [1.54, 1.807) is 0 Å². The van der Waals surface area contributed by atoms with Crippen molar-refractivity contribution in [2.24, 2.45) is 5.84 Å². The molecule has 4 aliphatic heterocycles. The van der Waals surface area contributed by atoms with Crippen LogP contribution in [0.1, 0.15) is 50.7 Å². The third kappa shape index (κ3) is 9.74. The fourth-order valence-corrected chi connectivity index (χ4v) is 5.89. The molecule has 4 atom stereocenters. The Labute approximate surface area is 283 Å². The average molecular weight is 682 g/mol. The monoisotopic (exact) mass is 681 g/mol. The number of nitrogens with zero attached hydrogens (tertiary/aromatic N) is 4. The highest BCUT2D eigenvalue weighted by Gasteiger charge is 2.49. The first-order chi connectivity index (χ1) is 23.5. The molecule has 4 saturated heterocycles. The number of Topliss-reactive ketones (excluding diaryl/α,β-unsaturated/α-hetero) is 1. The molecule has 0 spiro atoms. The van der Waals surface area contributed by atoms with Gasteiger partial charge in [-0.25, -0.2) is 20.2 Å². The Kier molecular flexibility index (Phi) is 13.0. The molecular formula is C33H43N7O9. The summed E-state index contributed by atoms with van der Waals surface area (Å²) in [5.41, 5.74) is 3.85. The first kappa shape index (κ1) is 36.8. The van der Waals surface area contributed by atoms with E-state index in [1.165, 1.54) is 33.8 Å². The number of piperidine rings is 2. The number of hydrazine groups is 1. The van der Waals surface area contributed by atoms with Gasteiger partial charge in [-0.05, 0) is 43.7 Å². The van der Waals surface area contributed by atoms with Crippen molar-refractivity contribution >= 4 is 35.6 Å². The predicted octanol–water partition coefficient (Wildman–Crippen LogP) is 1.56. The summed E-state index contributed by atoms with van der Waals surface area (Å²) in [6.07, 6.45) is 2.42. The molecule has 4 fully saturated rings. The third-order valence-electron chi connectivity index (χ3n) is 8.37. The molecular weight excluding hydrogens is 638 g/mol. The summed E-state index contributed by atoms with van der Waals surface area (Å²) in [5, 5.41) is 14.4. The highest BCUT2D eigenvalue weighted by molar-refractivity contribution is 5.91. The van der Waals surface area contributed by atoms with Crippen molar-refractivity contribution in [3.05, 3.63) is 71.8 Å². The summed E-state index contributed by atoms with van der Waals surface area (Å²) in [7, 11) is 0. The summed E-state index contributed by atoms with van der Waals surface area (Å²) < 4.78 is 0. The van der Waals surface area contributed by atoms with E-state index in [2.05, 4.69) is 11.2 Å². The minimum absolute atomic E-state index is 0.00495. The minimum atomic E-state index is -0.943. The second-order valence-corrected chi connectivity index (χ2v) is 12.0. The molecule has 16 heteroatoms. The third-order valence-corrected chi connectivity index (χ3v) is 8.37. The van der Waals surface area contributed by atoms with Gasteiger partial charge in [-0.15, -0.1) is 0 Å². The van der Waals surface area contributed by atoms with Crippen molar-refractivity contribution in [2.45, 2.75) is 76.9 Å². The topological polar surface area (TPSA) is 204 Å². The van der Waals surface area contributed by atoms with Gasteiger partial charge in [0.05, 0.1) is 18.6 Å². The van der Waals surface area contributed by atoms with Crippen molar-refractivity contribution in [1.82, 2.24) is 30.7 Å². The van der Waals surface area contributed by atoms with Crippen LogP contribution in [0.4, 0.5) is 9.59 Å². The number of benzene rings is 2. The normalized spacial score (nSPS) is 22.0. The Hall–Kier alpha value is -5.06. The van der Waals surface area contributed by atoms with Crippen molar-refractivity contribution in [3.8, 4) is 0 Å². The number of aliphatic carboxylic acids is 1. The van der Waals surface area contributed by atoms with Gasteiger partial charge < -0.3 is 20.2 Å². The number of hydrogen-bond donors (Lipinski definition) is 4. The van der Waals surface area contributed by atoms with Crippen molar-refractivity contribution in [2.75, 3.05) is 19.6 Å². The van der Waals surface area contributed by atoms with E-state index in [4.69, 9.17) is 14.8 Å². The Morgan fingerprint density at radius 3 is 1.59 bits per heavy atom. The van der Waals surface area contributed by atoms with Gasteiger partial charge in [-0.2, -0.15) is 10.1 Å². The molecule has 0 aliphatic carbocycles. The molecule has 6 amide bonds. The lowest BCUT2D eigenvalue weighted by molar-refractivity contribution is -0.143. The largest absolute Gasteiger partial charge is 0.480 e. The zero-order valence-corrected chi connectivity index (χ0v) is 27.5. The minimum Gasteiger partial charge on any atom is -0.480 e. The number of ketones is 1. The molecule has 4 aliphatic rings. The van der Waals surface area contributed by atoms with Crippen LogP contribution in [0.25, 0.3) is 0 Å². The van der Waals surface area contributed by atoms with Crippen LogP contribution in [-0.2, 0) is 42.1 Å².